The molecule has 204 valence electrons. The number of amides is 1. The fourth-order valence-electron chi connectivity index (χ4n) is 3.84. The molecule has 2 unspecified atom stereocenters. The smallest absolute Gasteiger partial charge is 0.433 e. The zero-order valence-corrected chi connectivity index (χ0v) is 20.9. The first-order valence-corrected chi connectivity index (χ1v) is 12.2. The second-order valence-electron chi connectivity index (χ2n) is 8.30. The number of pyridine rings is 1. The van der Waals surface area contributed by atoms with Crippen LogP contribution in [0.5, 0.6) is 5.88 Å². The second-order valence-corrected chi connectivity index (χ2v) is 9.28. The van der Waals surface area contributed by atoms with E-state index in [4.69, 9.17) is 10.5 Å². The van der Waals surface area contributed by atoms with Crippen molar-refractivity contribution >= 4 is 22.9 Å². The van der Waals surface area contributed by atoms with E-state index in [1.807, 2.05) is 0 Å². The lowest BCUT2D eigenvalue weighted by molar-refractivity contribution is -0.141. The third-order valence-electron chi connectivity index (χ3n) is 5.82. The van der Waals surface area contributed by atoms with Crippen LogP contribution in [0.3, 0.4) is 0 Å². The number of hydrogen-bond donors (Lipinski definition) is 2. The first-order valence-electron chi connectivity index (χ1n) is 11.2. The van der Waals surface area contributed by atoms with Crippen molar-refractivity contribution in [2.75, 3.05) is 11.4 Å². The number of anilines is 1. The van der Waals surface area contributed by atoms with Gasteiger partial charge in [-0.15, -0.1) is 0 Å². The number of hydrogen-bond acceptors (Lipinski definition) is 6. The Morgan fingerprint density at radius 2 is 1.89 bits per heavy atom. The maximum absolute atomic E-state index is 14.6. The summed E-state index contributed by atoms with van der Waals surface area (Å²) in [7, 11) is 1.14. The van der Waals surface area contributed by atoms with Crippen LogP contribution in [0.4, 0.5) is 23.2 Å². The first kappa shape index (κ1) is 29.0. The summed E-state index contributed by atoms with van der Waals surface area (Å²) in [6.45, 7) is -0.862. The van der Waals surface area contributed by atoms with E-state index in [-0.39, 0.29) is 47.7 Å². The van der Waals surface area contributed by atoms with E-state index in [9.17, 15) is 36.2 Å². The quantitative estimate of drug-likeness (QED) is 0.275. The Hall–Kier alpha value is -3.55. The van der Waals surface area contributed by atoms with E-state index in [1.165, 1.54) is 12.1 Å². The van der Waals surface area contributed by atoms with Gasteiger partial charge in [-0.1, -0.05) is 36.4 Å². The summed E-state index contributed by atoms with van der Waals surface area (Å²) in [6, 6.07) is 12.8. The predicted octanol–water partition coefficient (Wildman–Crippen LogP) is 3.74. The number of benzene rings is 2. The molecule has 0 aliphatic rings. The minimum absolute atomic E-state index is 0.0841. The lowest BCUT2D eigenvalue weighted by atomic mass is 9.90. The van der Waals surface area contributed by atoms with Gasteiger partial charge < -0.3 is 24.4 Å². The van der Waals surface area contributed by atoms with Crippen molar-refractivity contribution in [2.45, 2.75) is 38.1 Å². The Morgan fingerprint density at radius 1 is 1.21 bits per heavy atom. The van der Waals surface area contributed by atoms with Crippen LogP contribution in [0.2, 0.25) is 0 Å². The van der Waals surface area contributed by atoms with Gasteiger partial charge in [0, 0.05) is 23.9 Å². The molecule has 13 heteroatoms. The van der Waals surface area contributed by atoms with E-state index < -0.39 is 47.4 Å². The Morgan fingerprint density at radius 3 is 2.45 bits per heavy atom. The van der Waals surface area contributed by atoms with Gasteiger partial charge in [0.2, 0.25) is 11.8 Å². The minimum Gasteiger partial charge on any atom is -0.755 e. The number of primary amides is 1. The fourth-order valence-corrected chi connectivity index (χ4v) is 4.14. The number of aliphatic hydroxyl groups excluding tert-OH is 1. The highest BCUT2D eigenvalue weighted by molar-refractivity contribution is 7.80. The molecular weight excluding hydrogens is 530 g/mol. The summed E-state index contributed by atoms with van der Waals surface area (Å²) in [6.07, 6.45) is -4.98. The highest BCUT2D eigenvalue weighted by Crippen LogP contribution is 2.35. The van der Waals surface area contributed by atoms with Crippen LogP contribution in [0.15, 0.2) is 54.6 Å². The van der Waals surface area contributed by atoms with Crippen molar-refractivity contribution in [1.82, 2.24) is 4.98 Å². The molecule has 3 rings (SSSR count). The lowest BCUT2D eigenvalue weighted by Gasteiger charge is -2.23. The number of carbonyl (C=O) groups excluding carboxylic acids is 1. The number of halogens is 4. The van der Waals surface area contributed by atoms with Crippen molar-refractivity contribution in [1.29, 1.82) is 0 Å². The maximum Gasteiger partial charge on any atom is 0.433 e. The van der Waals surface area contributed by atoms with Crippen LogP contribution in [-0.4, -0.2) is 31.8 Å². The molecule has 38 heavy (non-hydrogen) atoms. The Bertz CT molecular complexity index is 1310. The lowest BCUT2D eigenvalue weighted by Crippen LogP contribution is -2.24. The van der Waals surface area contributed by atoms with E-state index in [2.05, 4.69) is 4.98 Å². The fraction of sp³-hybridized carbons (Fsp3) is 0.280. The van der Waals surface area contributed by atoms with Crippen LogP contribution in [0.1, 0.15) is 40.3 Å². The van der Waals surface area contributed by atoms with Gasteiger partial charge in [0.05, 0.1) is 18.2 Å². The van der Waals surface area contributed by atoms with E-state index in [0.29, 0.717) is 15.9 Å². The maximum atomic E-state index is 14.6. The van der Waals surface area contributed by atoms with Crippen LogP contribution in [0, 0.1) is 5.82 Å². The molecule has 0 aliphatic carbocycles. The number of nitrogens with two attached hydrogens (primary N) is 1. The van der Waals surface area contributed by atoms with Gasteiger partial charge in [-0.25, -0.2) is 9.37 Å². The van der Waals surface area contributed by atoms with Gasteiger partial charge >= 0.3 is 6.18 Å². The van der Waals surface area contributed by atoms with Gasteiger partial charge in [-0.2, -0.15) is 13.2 Å². The van der Waals surface area contributed by atoms with Crippen LogP contribution in [0.25, 0.3) is 0 Å². The van der Waals surface area contributed by atoms with E-state index >= 15 is 0 Å². The van der Waals surface area contributed by atoms with Gasteiger partial charge in [-0.3, -0.25) is 9.00 Å². The number of ether oxygens (including phenoxy) is 1. The molecule has 0 aliphatic heterocycles. The normalized spacial score (nSPS) is 13.1. The molecule has 0 bridgehead atoms. The molecule has 1 aromatic heterocycles. The van der Waals surface area contributed by atoms with Gasteiger partial charge in [-0.05, 0) is 47.7 Å². The molecular formula is C25H24F4N3O5S-. The Balaban J connectivity index is 1.94. The molecule has 1 heterocycles. The van der Waals surface area contributed by atoms with Crippen LogP contribution < -0.4 is 14.8 Å². The number of aliphatic hydroxyl groups is 1. The third-order valence-corrected chi connectivity index (χ3v) is 6.47. The monoisotopic (exact) mass is 554 g/mol. The molecule has 3 aromatic rings. The average molecular weight is 555 g/mol. The van der Waals surface area contributed by atoms with Crippen LogP contribution >= 0.6 is 0 Å². The molecule has 0 saturated heterocycles. The Kier molecular flexibility index (Phi) is 9.41. The highest BCUT2D eigenvalue weighted by atomic mass is 32.2. The van der Waals surface area contributed by atoms with Crippen molar-refractivity contribution in [3.05, 3.63) is 88.4 Å². The van der Waals surface area contributed by atoms with Gasteiger partial charge in [0.25, 0.3) is 0 Å². The summed E-state index contributed by atoms with van der Waals surface area (Å²) >= 11 is -2.73. The Labute approximate surface area is 218 Å². The molecule has 0 saturated carbocycles. The summed E-state index contributed by atoms with van der Waals surface area (Å²) in [5, 5.41) is 9.83. The summed E-state index contributed by atoms with van der Waals surface area (Å²) in [5.74, 6) is -3.20. The number of alkyl halides is 3. The molecule has 1 amide bonds. The standard InChI is InChI=1S/C25H25F4N3O5S/c1-32(38(35)36)21-10-7-16(11-20(21)26)18(23(30)34)8-9-19-17(13-33)12-22(25(27,28)29)31-24(19)37-14-15-5-3-2-4-6-15/h2-7,10-12,18,33H,8-9,13-14H2,1H3,(H2,30,34)(H,35,36)/p-1. The highest BCUT2D eigenvalue weighted by Gasteiger charge is 2.35. The SMILES string of the molecule is CN(c1ccc(C(CCc2c(CO)cc(C(F)(F)F)nc2OCc2ccccc2)C(N)=O)cc1F)S(=O)[O-]. The predicted molar refractivity (Wildman–Crippen MR) is 130 cm³/mol. The van der Waals surface area contributed by atoms with Crippen molar-refractivity contribution < 1.29 is 41.0 Å². The van der Waals surface area contributed by atoms with E-state index in [0.717, 1.165) is 13.1 Å². The molecule has 0 spiro atoms. The van der Waals surface area contributed by atoms with Crippen LogP contribution in [-0.2, 0) is 41.9 Å². The zero-order valence-electron chi connectivity index (χ0n) is 20.1. The average Bonchev–Trinajstić information content (AvgIpc) is 2.87. The van der Waals surface area contributed by atoms with Gasteiger partial charge in [0.1, 0.15) is 18.1 Å². The summed E-state index contributed by atoms with van der Waals surface area (Å²) < 4.78 is 83.5. The topological polar surface area (TPSA) is 129 Å². The van der Waals surface area contributed by atoms with Crippen molar-refractivity contribution in [2.24, 2.45) is 5.73 Å². The molecule has 0 fully saturated rings. The molecule has 8 nitrogen and oxygen atoms in total. The van der Waals surface area contributed by atoms with Gasteiger partial charge in [0.15, 0.2) is 0 Å². The summed E-state index contributed by atoms with van der Waals surface area (Å²) in [4.78, 5) is 15.9. The molecule has 2 aromatic carbocycles. The first-order chi connectivity index (χ1) is 17.9. The second kappa shape index (κ2) is 12.3. The number of carbonyl (C=O) groups is 1. The van der Waals surface area contributed by atoms with E-state index in [1.54, 1.807) is 30.3 Å². The number of nitrogens with zero attached hydrogens (tertiary/aromatic N) is 2. The molecule has 0 radical (unpaired) electrons. The van der Waals surface area contributed by atoms with Crippen molar-refractivity contribution in [3.8, 4) is 5.88 Å². The number of rotatable bonds is 11. The largest absolute Gasteiger partial charge is 0.755 e. The van der Waals surface area contributed by atoms with Crippen molar-refractivity contribution in [3.63, 3.8) is 0 Å². The minimum atomic E-state index is -4.80. The molecule has 2 atom stereocenters. The number of aromatic nitrogens is 1. The molecule has 3 N–H and O–H groups in total. The summed E-state index contributed by atoms with van der Waals surface area (Å²) in [5.41, 5.74) is 4.88. The zero-order chi connectivity index (χ0) is 28.0. The third kappa shape index (κ3) is 7.05.